The number of likely N-dealkylation sites (N-methyl/N-ethyl adjacent to an activating group) is 2. The molecule has 0 bridgehead atoms. The van der Waals surface area contributed by atoms with Crippen LogP contribution in [0.15, 0.2) is 0 Å². The van der Waals surface area contributed by atoms with Crippen LogP contribution in [0.3, 0.4) is 0 Å². The van der Waals surface area contributed by atoms with Gasteiger partial charge < -0.3 is 9.80 Å². The number of hydrogen-bond donors (Lipinski definition) is 0. The summed E-state index contributed by atoms with van der Waals surface area (Å²) in [5.74, 6) is -0.278. The molecule has 2 amide bonds. The van der Waals surface area contributed by atoms with Crippen LogP contribution in [0.2, 0.25) is 0 Å². The van der Waals surface area contributed by atoms with Gasteiger partial charge in [0.2, 0.25) is 11.8 Å². The highest BCUT2D eigenvalue weighted by Crippen LogP contribution is 2.41. The van der Waals surface area contributed by atoms with Crippen LogP contribution in [0.4, 0.5) is 0 Å². The lowest BCUT2D eigenvalue weighted by atomic mass is 9.69. The summed E-state index contributed by atoms with van der Waals surface area (Å²) in [6.45, 7) is 5.16. The fraction of sp³-hybridized carbons (Fsp3) is 0.769. The van der Waals surface area contributed by atoms with E-state index in [0.717, 1.165) is 6.42 Å². The predicted octanol–water partition coefficient (Wildman–Crippen LogP) is 1.01. The fourth-order valence-corrected chi connectivity index (χ4v) is 2.22. The van der Waals surface area contributed by atoms with E-state index in [2.05, 4.69) is 6.07 Å². The van der Waals surface area contributed by atoms with Crippen LogP contribution in [0, 0.1) is 16.7 Å². The summed E-state index contributed by atoms with van der Waals surface area (Å²) < 4.78 is 0. The Labute approximate surface area is 108 Å². The van der Waals surface area contributed by atoms with Gasteiger partial charge in [-0.25, -0.2) is 0 Å². The topological polar surface area (TPSA) is 64.4 Å². The van der Waals surface area contributed by atoms with Gasteiger partial charge >= 0.3 is 0 Å². The van der Waals surface area contributed by atoms with E-state index >= 15 is 0 Å². The second-order valence-corrected chi connectivity index (χ2v) is 4.77. The van der Waals surface area contributed by atoms with Crippen LogP contribution in [0.5, 0.6) is 0 Å². The third kappa shape index (κ3) is 2.63. The number of rotatable bonds is 5. The Morgan fingerprint density at radius 2 is 1.83 bits per heavy atom. The van der Waals surface area contributed by atoms with E-state index < -0.39 is 5.41 Å². The minimum Gasteiger partial charge on any atom is -0.342 e. The molecule has 0 aliphatic heterocycles. The van der Waals surface area contributed by atoms with E-state index in [1.165, 1.54) is 4.90 Å². The summed E-state index contributed by atoms with van der Waals surface area (Å²) in [6, 6.07) is 2.11. The van der Waals surface area contributed by atoms with Crippen molar-refractivity contribution in [3.8, 4) is 6.07 Å². The third-order valence-corrected chi connectivity index (χ3v) is 3.67. The van der Waals surface area contributed by atoms with Crippen molar-refractivity contribution in [2.24, 2.45) is 5.41 Å². The Balaban J connectivity index is 2.60. The molecule has 0 spiro atoms. The molecular weight excluding hydrogens is 230 g/mol. The van der Waals surface area contributed by atoms with Gasteiger partial charge in [-0.15, -0.1) is 0 Å². The highest BCUT2D eigenvalue weighted by atomic mass is 16.2. The maximum absolute atomic E-state index is 12.1. The third-order valence-electron chi connectivity index (χ3n) is 3.67. The monoisotopic (exact) mass is 251 g/mol. The SMILES string of the molecule is CCN(CC)C(=O)CN(C)C(=O)C1(C#N)CCC1. The lowest BCUT2D eigenvalue weighted by Gasteiger charge is -2.36. The average Bonchev–Trinajstić information content (AvgIpc) is 2.29. The van der Waals surface area contributed by atoms with Gasteiger partial charge in [-0.3, -0.25) is 9.59 Å². The highest BCUT2D eigenvalue weighted by Gasteiger charge is 2.46. The van der Waals surface area contributed by atoms with Crippen molar-refractivity contribution >= 4 is 11.8 Å². The van der Waals surface area contributed by atoms with Gasteiger partial charge in [-0.05, 0) is 33.1 Å². The van der Waals surface area contributed by atoms with Crippen molar-refractivity contribution in [2.75, 3.05) is 26.7 Å². The van der Waals surface area contributed by atoms with E-state index in [-0.39, 0.29) is 18.4 Å². The summed E-state index contributed by atoms with van der Waals surface area (Å²) >= 11 is 0. The maximum Gasteiger partial charge on any atom is 0.243 e. The first-order chi connectivity index (χ1) is 8.50. The molecule has 0 atom stereocenters. The summed E-state index contributed by atoms with van der Waals surface area (Å²) in [7, 11) is 1.60. The first-order valence-electron chi connectivity index (χ1n) is 6.45. The molecule has 0 unspecified atom stereocenters. The van der Waals surface area contributed by atoms with Gasteiger partial charge in [0.25, 0.3) is 0 Å². The van der Waals surface area contributed by atoms with E-state index in [1.807, 2.05) is 13.8 Å². The lowest BCUT2D eigenvalue weighted by molar-refractivity contribution is -0.146. The first-order valence-corrected chi connectivity index (χ1v) is 6.45. The Morgan fingerprint density at radius 3 is 2.17 bits per heavy atom. The quantitative estimate of drug-likeness (QED) is 0.732. The molecule has 5 heteroatoms. The van der Waals surface area contributed by atoms with E-state index in [4.69, 9.17) is 5.26 Å². The number of amides is 2. The summed E-state index contributed by atoms with van der Waals surface area (Å²) in [6.07, 6.45) is 2.15. The summed E-state index contributed by atoms with van der Waals surface area (Å²) in [5, 5.41) is 9.10. The number of carbonyl (C=O) groups excluding carboxylic acids is 2. The fourth-order valence-electron chi connectivity index (χ4n) is 2.22. The molecule has 5 nitrogen and oxygen atoms in total. The highest BCUT2D eigenvalue weighted by molar-refractivity contribution is 5.90. The molecule has 0 N–H and O–H groups in total. The molecule has 1 saturated carbocycles. The van der Waals surface area contributed by atoms with Gasteiger partial charge in [0.05, 0.1) is 12.6 Å². The van der Waals surface area contributed by atoms with Crippen LogP contribution in [0.25, 0.3) is 0 Å². The van der Waals surface area contributed by atoms with Crippen molar-refractivity contribution in [2.45, 2.75) is 33.1 Å². The van der Waals surface area contributed by atoms with Crippen molar-refractivity contribution < 1.29 is 9.59 Å². The van der Waals surface area contributed by atoms with Crippen LogP contribution >= 0.6 is 0 Å². The Kier molecular flexibility index (Phi) is 4.71. The lowest BCUT2D eigenvalue weighted by Crippen LogP contribution is -2.49. The van der Waals surface area contributed by atoms with Gasteiger partial charge in [-0.1, -0.05) is 0 Å². The number of carbonyl (C=O) groups is 2. The molecule has 18 heavy (non-hydrogen) atoms. The zero-order valence-electron chi connectivity index (χ0n) is 11.4. The van der Waals surface area contributed by atoms with E-state index in [1.54, 1.807) is 11.9 Å². The smallest absolute Gasteiger partial charge is 0.243 e. The van der Waals surface area contributed by atoms with Crippen LogP contribution in [0.1, 0.15) is 33.1 Å². The average molecular weight is 251 g/mol. The molecule has 0 heterocycles. The second-order valence-electron chi connectivity index (χ2n) is 4.77. The van der Waals surface area contributed by atoms with Gasteiger partial charge in [0.1, 0.15) is 5.41 Å². The van der Waals surface area contributed by atoms with Crippen LogP contribution < -0.4 is 0 Å². The molecule has 1 rings (SSSR count). The standard InChI is InChI=1S/C13H21N3O2/c1-4-16(5-2)11(17)9-15(3)12(18)13(10-14)7-6-8-13/h4-9H2,1-3H3. The minimum absolute atomic E-state index is 0.0595. The zero-order chi connectivity index (χ0) is 13.8. The van der Waals surface area contributed by atoms with Gasteiger partial charge in [-0.2, -0.15) is 5.26 Å². The normalized spacial score (nSPS) is 16.3. The maximum atomic E-state index is 12.1. The zero-order valence-corrected chi connectivity index (χ0v) is 11.4. The van der Waals surface area contributed by atoms with E-state index in [0.29, 0.717) is 25.9 Å². The molecule has 1 aliphatic carbocycles. The summed E-state index contributed by atoms with van der Waals surface area (Å²) in [4.78, 5) is 27.1. The van der Waals surface area contributed by atoms with Crippen molar-refractivity contribution in [3.05, 3.63) is 0 Å². The molecule has 1 fully saturated rings. The molecule has 0 aromatic rings. The Morgan fingerprint density at radius 1 is 1.28 bits per heavy atom. The largest absolute Gasteiger partial charge is 0.342 e. The predicted molar refractivity (Wildman–Crippen MR) is 67.5 cm³/mol. The number of nitrogens with zero attached hydrogens (tertiary/aromatic N) is 3. The number of nitriles is 1. The van der Waals surface area contributed by atoms with Crippen molar-refractivity contribution in [1.29, 1.82) is 5.26 Å². The summed E-state index contributed by atoms with van der Waals surface area (Å²) in [5.41, 5.74) is -0.863. The Bertz CT molecular complexity index is 365. The molecule has 0 saturated heterocycles. The second kappa shape index (κ2) is 5.85. The van der Waals surface area contributed by atoms with Crippen LogP contribution in [-0.4, -0.2) is 48.3 Å². The molecule has 100 valence electrons. The van der Waals surface area contributed by atoms with Crippen molar-refractivity contribution in [3.63, 3.8) is 0 Å². The molecule has 0 aromatic carbocycles. The Hall–Kier alpha value is -1.57. The van der Waals surface area contributed by atoms with E-state index in [9.17, 15) is 9.59 Å². The number of hydrogen-bond acceptors (Lipinski definition) is 3. The minimum atomic E-state index is -0.863. The first kappa shape index (κ1) is 14.5. The molecule has 1 aliphatic rings. The molecule has 0 aromatic heterocycles. The molecule has 0 radical (unpaired) electrons. The van der Waals surface area contributed by atoms with Crippen molar-refractivity contribution in [1.82, 2.24) is 9.80 Å². The van der Waals surface area contributed by atoms with Gasteiger partial charge in [0, 0.05) is 20.1 Å². The molecular formula is C13H21N3O2. The van der Waals surface area contributed by atoms with Gasteiger partial charge in [0.15, 0.2) is 0 Å². The van der Waals surface area contributed by atoms with Crippen LogP contribution in [-0.2, 0) is 9.59 Å².